The maximum absolute atomic E-state index is 11.1. The van der Waals surface area contributed by atoms with E-state index in [-0.39, 0.29) is 9.72 Å². The quantitative estimate of drug-likeness (QED) is 0.696. The third kappa shape index (κ3) is 2.83. The van der Waals surface area contributed by atoms with E-state index in [1.165, 1.54) is 0 Å². The topological polar surface area (TPSA) is 67.3 Å². The molecule has 98 valence electrons. The molecule has 0 fully saturated rings. The van der Waals surface area contributed by atoms with Crippen LogP contribution in [0, 0.1) is 0 Å². The molecule has 7 heteroatoms. The van der Waals surface area contributed by atoms with E-state index in [0.717, 1.165) is 28.0 Å². The van der Waals surface area contributed by atoms with Gasteiger partial charge in [0.25, 0.3) is 0 Å². The average Bonchev–Trinajstić information content (AvgIpc) is 2.73. The van der Waals surface area contributed by atoms with Gasteiger partial charge in [0.05, 0.1) is 10.2 Å². The number of fused-ring (bicyclic) bond motifs is 1. The van der Waals surface area contributed by atoms with Crippen LogP contribution in [0.2, 0.25) is 0 Å². The Bertz CT molecular complexity index is 666. The molecular formula is C11H12ClNO3S2. The number of hydrogen-bond acceptors (Lipinski definition) is 4. The molecular weight excluding hydrogens is 294 g/mol. The first-order valence-corrected chi connectivity index (χ1v) is 8.11. The van der Waals surface area contributed by atoms with Crippen molar-refractivity contribution < 1.29 is 13.0 Å². The molecule has 0 aliphatic rings. The lowest BCUT2D eigenvalue weighted by atomic mass is 10.1. The van der Waals surface area contributed by atoms with Crippen molar-refractivity contribution in [2.24, 2.45) is 0 Å². The molecule has 0 saturated heterocycles. The van der Waals surface area contributed by atoms with E-state index in [0.29, 0.717) is 11.9 Å². The number of hydrogen-bond donors (Lipinski definition) is 1. The molecule has 0 radical (unpaired) electrons. The zero-order valence-corrected chi connectivity index (χ0v) is 12.0. The highest BCUT2D eigenvalue weighted by Gasteiger charge is 2.18. The summed E-state index contributed by atoms with van der Waals surface area (Å²) in [6.07, 6.45) is 1.46. The first-order chi connectivity index (χ1) is 8.41. The summed E-state index contributed by atoms with van der Waals surface area (Å²) in [4.78, 5) is 3.99. The molecule has 18 heavy (non-hydrogen) atoms. The van der Waals surface area contributed by atoms with Crippen LogP contribution in [0.25, 0.3) is 10.2 Å². The number of halogens is 1. The fourth-order valence-corrected chi connectivity index (χ4v) is 3.45. The summed E-state index contributed by atoms with van der Waals surface area (Å²) in [5.74, 6) is 0. The second kappa shape index (κ2) is 5.13. The van der Waals surface area contributed by atoms with Crippen molar-refractivity contribution in [1.82, 2.24) is 4.98 Å². The van der Waals surface area contributed by atoms with Gasteiger partial charge >= 0.3 is 10.1 Å². The molecule has 0 aliphatic heterocycles. The summed E-state index contributed by atoms with van der Waals surface area (Å²) >= 11 is 7.07. The molecule has 2 rings (SSSR count). The molecule has 0 bridgehead atoms. The van der Waals surface area contributed by atoms with Crippen LogP contribution < -0.4 is 0 Å². The highest BCUT2D eigenvalue weighted by molar-refractivity contribution is 7.88. The monoisotopic (exact) mass is 305 g/mol. The molecule has 0 spiro atoms. The number of aromatic nitrogens is 1. The van der Waals surface area contributed by atoms with E-state index in [1.807, 2.05) is 19.1 Å². The third-order valence-electron chi connectivity index (χ3n) is 2.59. The van der Waals surface area contributed by atoms with E-state index in [4.69, 9.17) is 16.2 Å². The van der Waals surface area contributed by atoms with Crippen LogP contribution >= 0.6 is 22.9 Å². The minimum atomic E-state index is -4.24. The second-order valence-electron chi connectivity index (χ2n) is 3.93. The van der Waals surface area contributed by atoms with Gasteiger partial charge in [-0.1, -0.05) is 19.1 Å². The van der Waals surface area contributed by atoms with Crippen LogP contribution in [-0.2, 0) is 16.5 Å². The van der Waals surface area contributed by atoms with Crippen molar-refractivity contribution in [3.05, 3.63) is 23.8 Å². The van der Waals surface area contributed by atoms with Gasteiger partial charge in [0.15, 0.2) is 0 Å². The fraction of sp³-hybridized carbons (Fsp3) is 0.364. The van der Waals surface area contributed by atoms with Crippen molar-refractivity contribution in [1.29, 1.82) is 0 Å². The summed E-state index contributed by atoms with van der Waals surface area (Å²) in [6, 6.07) is 5.49. The maximum atomic E-state index is 11.1. The second-order valence-corrected chi connectivity index (χ2v) is 7.17. The fourth-order valence-electron chi connectivity index (χ4n) is 1.64. The van der Waals surface area contributed by atoms with E-state index < -0.39 is 10.1 Å². The lowest BCUT2D eigenvalue weighted by Crippen LogP contribution is -2.02. The summed E-state index contributed by atoms with van der Waals surface area (Å²) in [7, 11) is -4.24. The molecule has 1 N–H and O–H groups in total. The normalized spacial score (nSPS) is 13.9. The lowest BCUT2D eigenvalue weighted by molar-refractivity contribution is 0.482. The number of alkyl halides is 1. The number of benzene rings is 1. The smallest absolute Gasteiger partial charge is 0.280 e. The van der Waals surface area contributed by atoms with Gasteiger partial charge in [0.1, 0.15) is 0 Å². The average molecular weight is 306 g/mol. The van der Waals surface area contributed by atoms with Crippen molar-refractivity contribution in [2.45, 2.75) is 29.5 Å². The molecule has 0 amide bonds. The first kappa shape index (κ1) is 13.7. The van der Waals surface area contributed by atoms with Gasteiger partial charge < -0.3 is 0 Å². The van der Waals surface area contributed by atoms with Crippen LogP contribution in [0.4, 0.5) is 0 Å². The summed E-state index contributed by atoms with van der Waals surface area (Å²) in [5.41, 5.74) is 1.51. The summed E-state index contributed by atoms with van der Waals surface area (Å²) in [5, 5.41) is -0.00789. The lowest BCUT2D eigenvalue weighted by Gasteiger charge is -2.06. The van der Waals surface area contributed by atoms with Gasteiger partial charge in [0, 0.05) is 5.38 Å². The molecule has 4 nitrogen and oxygen atoms in total. The van der Waals surface area contributed by atoms with Gasteiger partial charge in [-0.2, -0.15) is 8.42 Å². The largest absolute Gasteiger partial charge is 0.322 e. The van der Waals surface area contributed by atoms with Crippen molar-refractivity contribution in [3.8, 4) is 0 Å². The van der Waals surface area contributed by atoms with Gasteiger partial charge in [-0.3, -0.25) is 4.55 Å². The molecule has 1 unspecified atom stereocenters. The number of thiazole rings is 1. The Hall–Kier alpha value is -0.690. The molecule has 0 aliphatic carbocycles. The molecule has 1 aromatic heterocycles. The third-order valence-corrected chi connectivity index (χ3v) is 5.28. The molecule has 1 aromatic carbocycles. The maximum Gasteiger partial charge on any atom is 0.322 e. The SMILES string of the molecule is CCC(Cl)Cc1cccc2sc(S(=O)(=O)O)nc12. The predicted molar refractivity (Wildman–Crippen MR) is 73.1 cm³/mol. The first-order valence-electron chi connectivity index (χ1n) is 5.41. The van der Waals surface area contributed by atoms with Gasteiger partial charge in [-0.15, -0.1) is 22.9 Å². The van der Waals surface area contributed by atoms with Gasteiger partial charge in [-0.25, -0.2) is 4.98 Å². The molecule has 1 heterocycles. The highest BCUT2D eigenvalue weighted by atomic mass is 35.5. The molecule has 2 aromatic rings. The Kier molecular flexibility index (Phi) is 3.91. The Morgan fingerprint density at radius 2 is 2.22 bits per heavy atom. The van der Waals surface area contributed by atoms with E-state index in [2.05, 4.69) is 4.98 Å². The number of nitrogens with zero attached hydrogens (tertiary/aromatic N) is 1. The number of para-hydroxylation sites is 1. The van der Waals surface area contributed by atoms with Crippen LogP contribution in [0.3, 0.4) is 0 Å². The van der Waals surface area contributed by atoms with E-state index in [9.17, 15) is 8.42 Å². The van der Waals surface area contributed by atoms with Crippen LogP contribution in [0.15, 0.2) is 22.5 Å². The zero-order chi connectivity index (χ0) is 13.3. The zero-order valence-electron chi connectivity index (χ0n) is 9.63. The molecule has 1 atom stereocenters. The van der Waals surface area contributed by atoms with Gasteiger partial charge in [0.2, 0.25) is 4.34 Å². The predicted octanol–water partition coefficient (Wildman–Crippen LogP) is 3.10. The van der Waals surface area contributed by atoms with Crippen LogP contribution in [0.1, 0.15) is 18.9 Å². The van der Waals surface area contributed by atoms with Crippen molar-refractivity contribution >= 4 is 43.3 Å². The van der Waals surface area contributed by atoms with Gasteiger partial charge in [-0.05, 0) is 24.5 Å². The Morgan fingerprint density at radius 1 is 1.50 bits per heavy atom. The Morgan fingerprint density at radius 3 is 2.83 bits per heavy atom. The minimum Gasteiger partial charge on any atom is -0.280 e. The molecule has 0 saturated carbocycles. The van der Waals surface area contributed by atoms with E-state index in [1.54, 1.807) is 6.07 Å². The van der Waals surface area contributed by atoms with E-state index >= 15 is 0 Å². The Balaban J connectivity index is 2.52. The summed E-state index contributed by atoms with van der Waals surface area (Å²) < 4.78 is 31.6. The van der Waals surface area contributed by atoms with Crippen molar-refractivity contribution in [2.75, 3.05) is 0 Å². The van der Waals surface area contributed by atoms with Crippen LogP contribution in [-0.4, -0.2) is 23.3 Å². The highest BCUT2D eigenvalue weighted by Crippen LogP contribution is 2.28. The van der Waals surface area contributed by atoms with Crippen LogP contribution in [0.5, 0.6) is 0 Å². The van der Waals surface area contributed by atoms with Crippen molar-refractivity contribution in [3.63, 3.8) is 0 Å². The minimum absolute atomic E-state index is 0.00789. The standard InChI is InChI=1S/C11H12ClNO3S2/c1-2-8(12)6-7-4-3-5-9-10(7)13-11(17-9)18(14,15)16/h3-5,8H,2,6H2,1H3,(H,14,15,16). The number of rotatable bonds is 4. The summed E-state index contributed by atoms with van der Waals surface area (Å²) in [6.45, 7) is 1.99. The Labute approximate surface area is 114 Å².